The molecule has 0 radical (unpaired) electrons. The van der Waals surface area contributed by atoms with Crippen LogP contribution in [0.1, 0.15) is 39.6 Å². The molecule has 0 saturated carbocycles. The van der Waals surface area contributed by atoms with Gasteiger partial charge in [-0.2, -0.15) is 0 Å². The summed E-state index contributed by atoms with van der Waals surface area (Å²) in [6, 6.07) is 20.0. The lowest BCUT2D eigenvalue weighted by Gasteiger charge is -2.25. The van der Waals surface area contributed by atoms with Crippen LogP contribution in [0, 0.1) is 0 Å². The number of likely N-dealkylation sites (tertiary alicyclic amines) is 1. The van der Waals surface area contributed by atoms with E-state index in [0.717, 1.165) is 34.1 Å². The number of hydrogen-bond acceptors (Lipinski definition) is 4. The zero-order valence-electron chi connectivity index (χ0n) is 20.0. The molecular formula is C28H30N4O2S. The van der Waals surface area contributed by atoms with Gasteiger partial charge in [-0.15, -0.1) is 11.3 Å². The van der Waals surface area contributed by atoms with Gasteiger partial charge >= 0.3 is 0 Å². The molecule has 2 atom stereocenters. The molecule has 1 fully saturated rings. The van der Waals surface area contributed by atoms with Gasteiger partial charge in [0.1, 0.15) is 6.04 Å². The number of hydrogen-bond donors (Lipinski definition) is 2. The number of aromatic nitrogens is 1. The van der Waals surface area contributed by atoms with E-state index in [0.29, 0.717) is 24.4 Å². The Morgan fingerprint density at radius 2 is 1.91 bits per heavy atom. The third kappa shape index (κ3) is 4.68. The largest absolute Gasteiger partial charge is 0.378 e. The fourth-order valence-corrected chi connectivity index (χ4v) is 5.62. The van der Waals surface area contributed by atoms with E-state index >= 15 is 0 Å². The van der Waals surface area contributed by atoms with Crippen molar-refractivity contribution < 1.29 is 9.59 Å². The minimum Gasteiger partial charge on any atom is -0.378 e. The summed E-state index contributed by atoms with van der Waals surface area (Å²) in [5, 5.41) is 6.24. The molecule has 2 aromatic heterocycles. The number of thiophene rings is 1. The van der Waals surface area contributed by atoms with Crippen molar-refractivity contribution in [3.63, 3.8) is 0 Å². The van der Waals surface area contributed by atoms with Gasteiger partial charge in [-0.25, -0.2) is 0 Å². The fourth-order valence-electron chi connectivity index (χ4n) is 4.94. The van der Waals surface area contributed by atoms with Crippen LogP contribution in [-0.2, 0) is 4.79 Å². The lowest BCUT2D eigenvalue weighted by atomic mass is 9.90. The number of carbonyl (C=O) groups excluding carboxylic acids is 2. The minimum atomic E-state index is -0.427. The van der Waals surface area contributed by atoms with Crippen LogP contribution in [0.3, 0.4) is 0 Å². The molecule has 6 nitrogen and oxygen atoms in total. The molecule has 0 spiro atoms. The zero-order valence-corrected chi connectivity index (χ0v) is 20.8. The molecule has 0 aliphatic carbocycles. The Labute approximate surface area is 209 Å². The molecule has 180 valence electrons. The summed E-state index contributed by atoms with van der Waals surface area (Å²) in [6.07, 6.45) is 3.58. The number of rotatable bonds is 7. The van der Waals surface area contributed by atoms with E-state index in [4.69, 9.17) is 0 Å². The number of H-pyrrole nitrogens is 1. The second-order valence-corrected chi connectivity index (χ2v) is 10.2. The van der Waals surface area contributed by atoms with Crippen LogP contribution < -0.4 is 10.2 Å². The summed E-state index contributed by atoms with van der Waals surface area (Å²) in [5.41, 5.74) is 4.49. The lowest BCUT2D eigenvalue weighted by molar-refractivity contribution is -0.124. The number of benzene rings is 2. The number of nitrogens with zero attached hydrogens (tertiary/aromatic N) is 2. The molecule has 2 amide bonds. The smallest absolute Gasteiger partial charge is 0.264 e. The first-order valence-electron chi connectivity index (χ1n) is 12.0. The van der Waals surface area contributed by atoms with E-state index in [1.54, 1.807) is 4.90 Å². The number of nitrogens with one attached hydrogen (secondary N) is 2. The average Bonchev–Trinajstić information content (AvgIpc) is 3.65. The van der Waals surface area contributed by atoms with Crippen molar-refractivity contribution >= 4 is 39.7 Å². The molecule has 4 aromatic rings. The van der Waals surface area contributed by atoms with Gasteiger partial charge in [0.05, 0.1) is 4.88 Å². The number of fused-ring (bicyclic) bond motifs is 1. The third-order valence-corrected chi connectivity index (χ3v) is 7.70. The molecule has 3 heterocycles. The van der Waals surface area contributed by atoms with Crippen LogP contribution in [0.15, 0.2) is 72.2 Å². The van der Waals surface area contributed by atoms with Crippen LogP contribution in [0.5, 0.6) is 0 Å². The SMILES string of the molecule is CN(C)c1ccc(C(CNC(=O)[C@@H]2CCCN2C(=O)c2cccs2)c2c[nH]c3ccccc23)cc1. The molecular weight excluding hydrogens is 456 g/mol. The summed E-state index contributed by atoms with van der Waals surface area (Å²) in [4.78, 5) is 34.1. The Morgan fingerprint density at radius 1 is 1.11 bits per heavy atom. The maximum Gasteiger partial charge on any atom is 0.264 e. The van der Waals surface area contributed by atoms with Crippen molar-refractivity contribution in [2.75, 3.05) is 32.1 Å². The normalized spacial score (nSPS) is 16.4. The Balaban J connectivity index is 1.38. The Bertz CT molecular complexity index is 1310. The predicted octanol–water partition coefficient (Wildman–Crippen LogP) is 4.85. The maximum atomic E-state index is 13.3. The van der Waals surface area contributed by atoms with Crippen LogP contribution in [0.25, 0.3) is 10.9 Å². The monoisotopic (exact) mass is 486 g/mol. The highest BCUT2D eigenvalue weighted by molar-refractivity contribution is 7.12. The highest BCUT2D eigenvalue weighted by Crippen LogP contribution is 2.32. The van der Waals surface area contributed by atoms with Crippen molar-refractivity contribution in [1.29, 1.82) is 0 Å². The Morgan fingerprint density at radius 3 is 2.66 bits per heavy atom. The van der Waals surface area contributed by atoms with E-state index in [1.165, 1.54) is 11.3 Å². The Hall–Kier alpha value is -3.58. The highest BCUT2D eigenvalue weighted by atomic mass is 32.1. The number of aromatic amines is 1. The molecule has 5 rings (SSSR count). The second-order valence-electron chi connectivity index (χ2n) is 9.21. The van der Waals surface area contributed by atoms with Gasteiger partial charge in [0.2, 0.25) is 5.91 Å². The summed E-state index contributed by atoms with van der Waals surface area (Å²) < 4.78 is 0. The summed E-state index contributed by atoms with van der Waals surface area (Å²) >= 11 is 1.42. The van der Waals surface area contributed by atoms with Crippen molar-refractivity contribution in [3.8, 4) is 0 Å². The van der Waals surface area contributed by atoms with Crippen molar-refractivity contribution in [2.24, 2.45) is 0 Å². The van der Waals surface area contributed by atoms with Gasteiger partial charge in [-0.05, 0) is 53.6 Å². The Kier molecular flexibility index (Phi) is 6.59. The molecule has 1 unspecified atom stereocenters. The molecule has 2 aromatic carbocycles. The van der Waals surface area contributed by atoms with Gasteiger partial charge in [0, 0.05) is 55.9 Å². The molecule has 0 bridgehead atoms. The number of anilines is 1. The lowest BCUT2D eigenvalue weighted by Crippen LogP contribution is -2.46. The zero-order chi connectivity index (χ0) is 24.4. The van der Waals surface area contributed by atoms with Crippen LogP contribution in [-0.4, -0.2) is 54.9 Å². The van der Waals surface area contributed by atoms with Crippen LogP contribution >= 0.6 is 11.3 Å². The van der Waals surface area contributed by atoms with Gasteiger partial charge in [0.25, 0.3) is 5.91 Å². The van der Waals surface area contributed by atoms with Crippen molar-refractivity contribution in [2.45, 2.75) is 24.8 Å². The molecule has 35 heavy (non-hydrogen) atoms. The standard InChI is InChI=1S/C28H30N4O2S/c1-31(2)20-13-11-19(12-14-20)22(23-18-29-24-8-4-3-7-21(23)24)17-30-27(33)25-9-5-15-32(25)28(34)26-10-6-16-35-26/h3-4,6-8,10-14,16,18,22,25,29H,5,9,15,17H2,1-2H3,(H,30,33)/t22?,25-/m0/s1. The van der Waals surface area contributed by atoms with E-state index < -0.39 is 6.04 Å². The maximum absolute atomic E-state index is 13.3. The van der Waals surface area contributed by atoms with Crippen LogP contribution in [0.2, 0.25) is 0 Å². The van der Waals surface area contributed by atoms with Crippen molar-refractivity contribution in [1.82, 2.24) is 15.2 Å². The molecule has 1 aliphatic heterocycles. The van der Waals surface area contributed by atoms with Gasteiger partial charge in [0.15, 0.2) is 0 Å². The average molecular weight is 487 g/mol. The molecule has 1 aliphatic rings. The van der Waals surface area contributed by atoms with Gasteiger partial charge in [-0.1, -0.05) is 36.4 Å². The topological polar surface area (TPSA) is 68.4 Å². The van der Waals surface area contributed by atoms with Gasteiger partial charge in [-0.3, -0.25) is 9.59 Å². The summed E-state index contributed by atoms with van der Waals surface area (Å²) in [5.74, 6) is -0.151. The quantitative estimate of drug-likeness (QED) is 0.392. The highest BCUT2D eigenvalue weighted by Gasteiger charge is 2.35. The minimum absolute atomic E-state index is 0.0193. The van der Waals surface area contributed by atoms with E-state index in [-0.39, 0.29) is 17.7 Å². The van der Waals surface area contributed by atoms with Crippen molar-refractivity contribution in [3.05, 3.63) is 88.2 Å². The molecule has 1 saturated heterocycles. The number of carbonyl (C=O) groups is 2. The molecule has 2 N–H and O–H groups in total. The first-order valence-corrected chi connectivity index (χ1v) is 12.9. The molecule has 7 heteroatoms. The second kappa shape index (κ2) is 9.96. The van der Waals surface area contributed by atoms with E-state index in [1.807, 2.05) is 49.9 Å². The van der Waals surface area contributed by atoms with Crippen LogP contribution in [0.4, 0.5) is 5.69 Å². The fraction of sp³-hybridized carbons (Fsp3) is 0.286. The first-order chi connectivity index (χ1) is 17.0. The third-order valence-electron chi connectivity index (χ3n) is 6.84. The number of amides is 2. The predicted molar refractivity (Wildman–Crippen MR) is 142 cm³/mol. The van der Waals surface area contributed by atoms with E-state index in [9.17, 15) is 9.59 Å². The van der Waals surface area contributed by atoms with Gasteiger partial charge < -0.3 is 20.1 Å². The number of para-hydroxylation sites is 1. The summed E-state index contributed by atoms with van der Waals surface area (Å²) in [7, 11) is 4.05. The first kappa shape index (κ1) is 23.2. The van der Waals surface area contributed by atoms with E-state index in [2.05, 4.69) is 51.6 Å². The summed E-state index contributed by atoms with van der Waals surface area (Å²) in [6.45, 7) is 1.08.